The second-order valence-electron chi connectivity index (χ2n) is 3.79. The van der Waals surface area contributed by atoms with Crippen LogP contribution in [0.3, 0.4) is 0 Å². The maximum absolute atomic E-state index is 2.39. The molecule has 0 aliphatic rings. The average Bonchev–Trinajstić information content (AvgIpc) is 2.12. The zero-order chi connectivity index (χ0) is 10.1. The first kappa shape index (κ1) is 13.7. The Morgan fingerprint density at radius 2 is 1.77 bits per heavy atom. The summed E-state index contributed by atoms with van der Waals surface area (Å²) >= 11 is 0. The van der Waals surface area contributed by atoms with Crippen LogP contribution in [0.4, 0.5) is 0 Å². The third-order valence-corrected chi connectivity index (χ3v) is 5.01. The highest BCUT2D eigenvalue weighted by Crippen LogP contribution is 2.30. The van der Waals surface area contributed by atoms with Crippen LogP contribution in [0, 0.1) is 5.92 Å². The first-order valence-electron chi connectivity index (χ1n) is 5.41. The molecule has 0 spiro atoms. The van der Waals surface area contributed by atoms with Gasteiger partial charge in [0.05, 0.1) is 0 Å². The molecule has 0 N–H and O–H groups in total. The molecule has 0 rings (SSSR count). The van der Waals surface area contributed by atoms with Gasteiger partial charge in [-0.3, -0.25) is 0 Å². The summed E-state index contributed by atoms with van der Waals surface area (Å²) in [7, 11) is 3.92. The van der Waals surface area contributed by atoms with Crippen LogP contribution in [0.5, 0.6) is 0 Å². The van der Waals surface area contributed by atoms with Crippen LogP contribution in [0.15, 0.2) is 0 Å². The van der Waals surface area contributed by atoms with Crippen LogP contribution in [-0.4, -0.2) is 11.5 Å². The van der Waals surface area contributed by atoms with Gasteiger partial charge in [-0.2, -0.15) is 0 Å². The Bertz CT molecular complexity index is 104. The maximum Gasteiger partial charge on any atom is 0.0148 e. The molecular weight excluding hydrogens is 196 g/mol. The van der Waals surface area contributed by atoms with Gasteiger partial charge in [0.15, 0.2) is 0 Å². The molecule has 2 atom stereocenters. The highest BCUT2D eigenvalue weighted by Gasteiger charge is 2.11. The van der Waals surface area contributed by atoms with E-state index in [9.17, 15) is 0 Å². The van der Waals surface area contributed by atoms with Crippen molar-refractivity contribution in [3.63, 3.8) is 0 Å². The molecule has 80 valence electrons. The van der Waals surface area contributed by atoms with E-state index in [2.05, 4.69) is 27.0 Å². The molecule has 0 aliphatic heterocycles. The van der Waals surface area contributed by atoms with Crippen LogP contribution in [0.1, 0.15) is 52.9 Å². The minimum Gasteiger partial charge on any atom is -0.0973 e. The molecule has 0 bridgehead atoms. The Kier molecular flexibility index (Phi) is 9.76. The van der Waals surface area contributed by atoms with Crippen molar-refractivity contribution in [3.8, 4) is 0 Å². The summed E-state index contributed by atoms with van der Waals surface area (Å²) in [6.45, 7) is 7.01. The maximum atomic E-state index is 2.39. The van der Waals surface area contributed by atoms with Crippen molar-refractivity contribution in [2.75, 3.05) is 6.26 Å². The molecule has 2 unspecified atom stereocenters. The Morgan fingerprint density at radius 3 is 2.31 bits per heavy atom. The molecule has 0 radical (unpaired) electrons. The topological polar surface area (TPSA) is 0 Å². The predicted molar refractivity (Wildman–Crippen MR) is 68.5 cm³/mol. The lowest BCUT2D eigenvalue weighted by molar-refractivity contribution is 0.487. The first-order chi connectivity index (χ1) is 6.22. The fourth-order valence-corrected chi connectivity index (χ4v) is 3.48. The van der Waals surface area contributed by atoms with E-state index in [-0.39, 0.29) is 0 Å². The largest absolute Gasteiger partial charge is 0.0973 e. The van der Waals surface area contributed by atoms with Crippen molar-refractivity contribution in [3.05, 3.63) is 0 Å². The highest BCUT2D eigenvalue weighted by molar-refractivity contribution is 8.76. The Balaban J connectivity index is 3.32. The Morgan fingerprint density at radius 1 is 1.08 bits per heavy atom. The van der Waals surface area contributed by atoms with Crippen LogP contribution in [-0.2, 0) is 0 Å². The summed E-state index contributed by atoms with van der Waals surface area (Å²) in [5.41, 5.74) is 0. The molecule has 0 saturated heterocycles. The van der Waals surface area contributed by atoms with Crippen molar-refractivity contribution in [1.29, 1.82) is 0 Å². The average molecular weight is 220 g/mol. The van der Waals surface area contributed by atoms with Gasteiger partial charge in [0.25, 0.3) is 0 Å². The van der Waals surface area contributed by atoms with Crippen molar-refractivity contribution in [1.82, 2.24) is 0 Å². The predicted octanol–water partition coefficient (Wildman–Crippen LogP) is 4.99. The standard InChI is InChI=1S/C11H24S2/c1-5-6-7-8-9-10(2)11(3)13-12-4/h10-11H,5-9H2,1-4H3. The van der Waals surface area contributed by atoms with Gasteiger partial charge in [-0.25, -0.2) is 0 Å². The lowest BCUT2D eigenvalue weighted by Crippen LogP contribution is -2.08. The lowest BCUT2D eigenvalue weighted by Gasteiger charge is -2.17. The zero-order valence-electron chi connectivity index (χ0n) is 9.51. The van der Waals surface area contributed by atoms with E-state index in [0.717, 1.165) is 11.2 Å². The molecule has 0 aromatic carbocycles. The quantitative estimate of drug-likeness (QED) is 0.417. The van der Waals surface area contributed by atoms with Crippen LogP contribution in [0.2, 0.25) is 0 Å². The number of hydrogen-bond donors (Lipinski definition) is 0. The number of hydrogen-bond acceptors (Lipinski definition) is 2. The van der Waals surface area contributed by atoms with Crippen LogP contribution < -0.4 is 0 Å². The minimum absolute atomic E-state index is 0.816. The zero-order valence-corrected chi connectivity index (χ0v) is 11.1. The Labute approximate surface area is 92.0 Å². The number of unbranched alkanes of at least 4 members (excludes halogenated alkanes) is 3. The third-order valence-electron chi connectivity index (χ3n) is 2.56. The molecule has 0 aliphatic carbocycles. The second-order valence-corrected chi connectivity index (χ2v) is 6.64. The smallest absolute Gasteiger partial charge is 0.0148 e. The van der Waals surface area contributed by atoms with Crippen molar-refractivity contribution in [2.45, 2.75) is 58.1 Å². The molecule has 0 heterocycles. The van der Waals surface area contributed by atoms with Gasteiger partial charge in [-0.15, -0.1) is 0 Å². The van der Waals surface area contributed by atoms with E-state index in [1.54, 1.807) is 0 Å². The summed E-state index contributed by atoms with van der Waals surface area (Å²) in [4.78, 5) is 0. The molecule has 13 heavy (non-hydrogen) atoms. The Hall–Kier alpha value is 0.700. The molecule has 0 fully saturated rings. The van der Waals surface area contributed by atoms with Gasteiger partial charge in [0.1, 0.15) is 0 Å². The molecule has 2 heteroatoms. The van der Waals surface area contributed by atoms with Gasteiger partial charge in [0, 0.05) is 5.25 Å². The molecular formula is C11H24S2. The monoisotopic (exact) mass is 220 g/mol. The third kappa shape index (κ3) is 7.75. The van der Waals surface area contributed by atoms with Crippen LogP contribution in [0.25, 0.3) is 0 Å². The lowest BCUT2D eigenvalue weighted by atomic mass is 10.00. The molecule has 0 aromatic rings. The van der Waals surface area contributed by atoms with Crippen LogP contribution >= 0.6 is 21.6 Å². The van der Waals surface area contributed by atoms with E-state index in [1.807, 2.05) is 21.6 Å². The van der Waals surface area contributed by atoms with Gasteiger partial charge < -0.3 is 0 Å². The summed E-state index contributed by atoms with van der Waals surface area (Å²) < 4.78 is 0. The van der Waals surface area contributed by atoms with Gasteiger partial charge in [-0.1, -0.05) is 68.0 Å². The fraction of sp³-hybridized carbons (Fsp3) is 1.00. The molecule has 0 amide bonds. The van der Waals surface area contributed by atoms with E-state index < -0.39 is 0 Å². The molecule has 0 aromatic heterocycles. The summed E-state index contributed by atoms with van der Waals surface area (Å²) in [6, 6.07) is 0. The minimum atomic E-state index is 0.816. The number of rotatable bonds is 8. The van der Waals surface area contributed by atoms with Gasteiger partial charge in [-0.05, 0) is 18.6 Å². The molecule has 0 saturated carbocycles. The van der Waals surface area contributed by atoms with Crippen molar-refractivity contribution >= 4 is 21.6 Å². The fourth-order valence-electron chi connectivity index (χ4n) is 1.37. The van der Waals surface area contributed by atoms with E-state index >= 15 is 0 Å². The molecule has 0 nitrogen and oxygen atoms in total. The van der Waals surface area contributed by atoms with E-state index in [1.165, 1.54) is 32.1 Å². The second kappa shape index (κ2) is 9.26. The summed E-state index contributed by atoms with van der Waals surface area (Å²) in [6.07, 6.45) is 9.20. The SMILES string of the molecule is CCCCCCC(C)C(C)SSC. The summed E-state index contributed by atoms with van der Waals surface area (Å²) in [5, 5.41) is 0.816. The van der Waals surface area contributed by atoms with Crippen molar-refractivity contribution in [2.24, 2.45) is 5.92 Å². The van der Waals surface area contributed by atoms with E-state index in [4.69, 9.17) is 0 Å². The normalized spacial score (nSPS) is 15.7. The van der Waals surface area contributed by atoms with Gasteiger partial charge >= 0.3 is 0 Å². The summed E-state index contributed by atoms with van der Waals surface area (Å²) in [5.74, 6) is 0.884. The highest BCUT2D eigenvalue weighted by atomic mass is 33.1. The van der Waals surface area contributed by atoms with Gasteiger partial charge in [0.2, 0.25) is 0 Å². The first-order valence-corrected chi connectivity index (χ1v) is 8.04. The van der Waals surface area contributed by atoms with Crippen molar-refractivity contribution < 1.29 is 0 Å². The van der Waals surface area contributed by atoms with E-state index in [0.29, 0.717) is 0 Å².